The molecule has 0 aliphatic rings. The van der Waals surface area contributed by atoms with Crippen LogP contribution >= 0.6 is 0 Å². The molecular formula is C11H26N2Si. The molecule has 0 atom stereocenters. The normalized spacial score (nSPS) is 12.5. The van der Waals surface area contributed by atoms with E-state index in [0.29, 0.717) is 0 Å². The highest BCUT2D eigenvalue weighted by atomic mass is 28.2. The molecule has 14 heavy (non-hydrogen) atoms. The molecular weight excluding hydrogens is 188 g/mol. The van der Waals surface area contributed by atoms with Gasteiger partial charge in [0.1, 0.15) is 0 Å². The van der Waals surface area contributed by atoms with Crippen molar-refractivity contribution in [3.8, 4) is 0 Å². The molecule has 0 amide bonds. The summed E-state index contributed by atoms with van der Waals surface area (Å²) in [6.07, 6.45) is 2.37. The summed E-state index contributed by atoms with van der Waals surface area (Å²) >= 11 is 0. The summed E-state index contributed by atoms with van der Waals surface area (Å²) in [5, 5.41) is 1.60. The Kier molecular flexibility index (Phi) is 7.66. The largest absolute Gasteiger partial charge is 0.378 e. The van der Waals surface area contributed by atoms with Gasteiger partial charge in [-0.15, -0.1) is 0 Å². The summed E-state index contributed by atoms with van der Waals surface area (Å²) in [6, 6.07) is 0. The number of hydrogen-bond donors (Lipinski definition) is 0. The lowest BCUT2D eigenvalue weighted by molar-refractivity contribution is 0.368. The Morgan fingerprint density at radius 2 is 1.50 bits per heavy atom. The highest BCUT2D eigenvalue weighted by molar-refractivity contribution is 6.43. The highest BCUT2D eigenvalue weighted by Gasteiger charge is 2.04. The topological polar surface area (TPSA) is 6.48 Å². The Labute approximate surface area is 91.8 Å². The van der Waals surface area contributed by atoms with Crippen LogP contribution in [0.15, 0.2) is 11.5 Å². The number of hydrogen-bond acceptors (Lipinski definition) is 2. The fourth-order valence-electron chi connectivity index (χ4n) is 1.64. The van der Waals surface area contributed by atoms with Crippen LogP contribution in [-0.4, -0.2) is 45.5 Å². The number of nitrogens with zero attached hydrogens (tertiary/aromatic N) is 2. The molecule has 0 N–H and O–H groups in total. The quantitative estimate of drug-likeness (QED) is 0.595. The van der Waals surface area contributed by atoms with Crippen LogP contribution in [0.3, 0.4) is 0 Å². The molecule has 0 heterocycles. The van der Waals surface area contributed by atoms with Crippen molar-refractivity contribution < 1.29 is 0 Å². The minimum atomic E-state index is -0.0575. The van der Waals surface area contributed by atoms with Gasteiger partial charge in [0, 0.05) is 37.7 Å². The molecule has 0 rings (SSSR count). The predicted molar refractivity (Wildman–Crippen MR) is 68.3 cm³/mol. The Morgan fingerprint density at radius 1 is 1.00 bits per heavy atom. The van der Waals surface area contributed by atoms with Crippen LogP contribution in [0.2, 0.25) is 6.55 Å². The van der Waals surface area contributed by atoms with Gasteiger partial charge in [-0.3, -0.25) is 0 Å². The second kappa shape index (κ2) is 7.91. The van der Waals surface area contributed by atoms with Crippen molar-refractivity contribution in [1.29, 1.82) is 0 Å². The van der Waals surface area contributed by atoms with Crippen molar-refractivity contribution in [2.24, 2.45) is 0 Å². The first-order chi connectivity index (χ1) is 6.73. The molecule has 3 heteroatoms. The van der Waals surface area contributed by atoms with Crippen molar-refractivity contribution in [3.63, 3.8) is 0 Å². The summed E-state index contributed by atoms with van der Waals surface area (Å²) in [7, 11) is -0.0575. The molecule has 0 radical (unpaired) electrons. The van der Waals surface area contributed by atoms with E-state index in [9.17, 15) is 0 Å². The molecule has 84 valence electrons. The van der Waals surface area contributed by atoms with E-state index in [4.69, 9.17) is 0 Å². The summed E-state index contributed by atoms with van der Waals surface area (Å²) in [4.78, 5) is 4.88. The van der Waals surface area contributed by atoms with Crippen molar-refractivity contribution in [1.82, 2.24) is 9.80 Å². The van der Waals surface area contributed by atoms with E-state index in [1.807, 2.05) is 0 Å². The van der Waals surface area contributed by atoms with Gasteiger partial charge in [-0.05, 0) is 27.7 Å². The SMILES string of the molecule is CCN(C=C([SiH2]C)N(CC)CC)CC. The summed E-state index contributed by atoms with van der Waals surface area (Å²) < 4.78 is 0. The lowest BCUT2D eigenvalue weighted by Gasteiger charge is -2.27. The molecule has 0 spiro atoms. The first-order valence-corrected chi connectivity index (χ1v) is 8.05. The van der Waals surface area contributed by atoms with E-state index in [-0.39, 0.29) is 9.52 Å². The first-order valence-electron chi connectivity index (χ1n) is 5.92. The van der Waals surface area contributed by atoms with Crippen molar-refractivity contribution in [3.05, 3.63) is 11.5 Å². The van der Waals surface area contributed by atoms with Gasteiger partial charge in [0.2, 0.25) is 0 Å². The van der Waals surface area contributed by atoms with Crippen molar-refractivity contribution in [2.45, 2.75) is 34.2 Å². The minimum Gasteiger partial charge on any atom is -0.378 e. The van der Waals surface area contributed by atoms with E-state index in [2.05, 4.69) is 50.2 Å². The van der Waals surface area contributed by atoms with Crippen LogP contribution in [0, 0.1) is 0 Å². The first kappa shape index (κ1) is 13.6. The zero-order chi connectivity index (χ0) is 11.0. The minimum absolute atomic E-state index is 0.0575. The van der Waals surface area contributed by atoms with E-state index in [1.165, 1.54) is 0 Å². The van der Waals surface area contributed by atoms with Crippen LogP contribution in [0.4, 0.5) is 0 Å². The highest BCUT2D eigenvalue weighted by Crippen LogP contribution is 2.04. The van der Waals surface area contributed by atoms with E-state index in [1.54, 1.807) is 5.32 Å². The van der Waals surface area contributed by atoms with Crippen LogP contribution in [0.25, 0.3) is 0 Å². The van der Waals surface area contributed by atoms with Gasteiger partial charge in [-0.2, -0.15) is 0 Å². The fourth-order valence-corrected chi connectivity index (χ4v) is 2.98. The Bertz CT molecular complexity index is 161. The van der Waals surface area contributed by atoms with Crippen LogP contribution < -0.4 is 0 Å². The molecule has 0 aliphatic carbocycles. The smallest absolute Gasteiger partial charge is 0.0741 e. The fraction of sp³-hybridized carbons (Fsp3) is 0.818. The summed E-state index contributed by atoms with van der Waals surface area (Å²) in [5.74, 6) is 0. The van der Waals surface area contributed by atoms with Crippen molar-refractivity contribution >= 4 is 9.52 Å². The molecule has 0 aromatic rings. The van der Waals surface area contributed by atoms with E-state index >= 15 is 0 Å². The number of rotatable bonds is 7. The molecule has 0 fully saturated rings. The van der Waals surface area contributed by atoms with Crippen molar-refractivity contribution in [2.75, 3.05) is 26.2 Å². The molecule has 0 saturated carbocycles. The van der Waals surface area contributed by atoms with Gasteiger partial charge < -0.3 is 9.80 Å². The molecule has 0 saturated heterocycles. The zero-order valence-corrected chi connectivity index (χ0v) is 11.9. The third-order valence-electron chi connectivity index (χ3n) is 2.68. The standard InChI is InChI=1S/C11H26N2Si/c1-6-12(7-2)10-11(14-5)13(8-3)9-4/h10H,6-9,14H2,1-5H3. The van der Waals surface area contributed by atoms with Gasteiger partial charge >= 0.3 is 0 Å². The maximum absolute atomic E-state index is 2.49. The lowest BCUT2D eigenvalue weighted by Crippen LogP contribution is -2.28. The van der Waals surface area contributed by atoms with Gasteiger partial charge in [-0.1, -0.05) is 6.55 Å². The third-order valence-corrected chi connectivity index (χ3v) is 4.03. The van der Waals surface area contributed by atoms with Gasteiger partial charge in [0.05, 0.1) is 9.52 Å². The average Bonchev–Trinajstić information content (AvgIpc) is 2.24. The molecule has 0 aromatic carbocycles. The monoisotopic (exact) mass is 214 g/mol. The molecule has 0 aromatic heterocycles. The second-order valence-electron chi connectivity index (χ2n) is 3.37. The Balaban J connectivity index is 4.49. The molecule has 0 bridgehead atoms. The van der Waals surface area contributed by atoms with Crippen LogP contribution in [0.1, 0.15) is 27.7 Å². The van der Waals surface area contributed by atoms with E-state index < -0.39 is 0 Å². The second-order valence-corrected chi connectivity index (χ2v) is 4.80. The third kappa shape index (κ3) is 4.18. The Morgan fingerprint density at radius 3 is 1.79 bits per heavy atom. The Hall–Kier alpha value is -0.443. The molecule has 2 nitrogen and oxygen atoms in total. The molecule has 0 unspecified atom stereocenters. The summed E-state index contributed by atoms with van der Waals surface area (Å²) in [5.41, 5.74) is 0. The van der Waals surface area contributed by atoms with Crippen LogP contribution in [-0.2, 0) is 0 Å². The zero-order valence-electron chi connectivity index (χ0n) is 10.5. The van der Waals surface area contributed by atoms with E-state index in [0.717, 1.165) is 26.2 Å². The van der Waals surface area contributed by atoms with Gasteiger partial charge in [-0.25, -0.2) is 0 Å². The maximum atomic E-state index is 2.49. The summed E-state index contributed by atoms with van der Waals surface area (Å²) in [6.45, 7) is 15.8. The molecule has 0 aliphatic heterocycles. The predicted octanol–water partition coefficient (Wildman–Crippen LogP) is 1.69. The van der Waals surface area contributed by atoms with Crippen LogP contribution in [0.5, 0.6) is 0 Å². The average molecular weight is 214 g/mol. The maximum Gasteiger partial charge on any atom is 0.0741 e. The van der Waals surface area contributed by atoms with Gasteiger partial charge in [0.15, 0.2) is 0 Å². The van der Waals surface area contributed by atoms with Gasteiger partial charge in [0.25, 0.3) is 0 Å². The lowest BCUT2D eigenvalue weighted by atomic mass is 10.5.